The van der Waals surface area contributed by atoms with E-state index in [1.807, 2.05) is 16.8 Å². The van der Waals surface area contributed by atoms with Gasteiger partial charge in [0.15, 0.2) is 0 Å². The number of nitrogens with one attached hydrogen (secondary N) is 1. The maximum absolute atomic E-state index is 11.6. The Morgan fingerprint density at radius 2 is 2.18 bits per heavy atom. The molecule has 0 aliphatic rings. The first kappa shape index (κ1) is 13.8. The molecule has 0 radical (unpaired) electrons. The fraction of sp³-hybridized carbons (Fsp3) is 0.615. The topological polar surface area (TPSA) is 37.3 Å². The molecule has 1 rings (SSSR count). The van der Waals surface area contributed by atoms with Gasteiger partial charge in [-0.3, -0.25) is 4.79 Å². The fourth-order valence-corrected chi connectivity index (χ4v) is 1.54. The van der Waals surface area contributed by atoms with E-state index >= 15 is 0 Å². The Balaban J connectivity index is 2.51. The van der Waals surface area contributed by atoms with E-state index in [1.54, 1.807) is 19.0 Å². The smallest absolute Gasteiger partial charge is 0.241 e. The molecule has 0 atom stereocenters. The highest BCUT2D eigenvalue weighted by Crippen LogP contribution is 2.03. The van der Waals surface area contributed by atoms with E-state index in [1.165, 1.54) is 0 Å². The molecular weight excluding hydrogens is 214 g/mol. The molecule has 0 aliphatic carbocycles. The molecule has 0 saturated carbocycles. The van der Waals surface area contributed by atoms with Crippen LogP contribution in [0.2, 0.25) is 0 Å². The van der Waals surface area contributed by atoms with Gasteiger partial charge in [0.25, 0.3) is 0 Å². The molecule has 96 valence electrons. The number of likely N-dealkylation sites (N-methyl/N-ethyl adjacent to an activating group) is 1. The summed E-state index contributed by atoms with van der Waals surface area (Å²) in [5, 5.41) is 3.38. The first-order valence-electron chi connectivity index (χ1n) is 6.05. The molecule has 1 N–H and O–H groups in total. The van der Waals surface area contributed by atoms with Crippen molar-refractivity contribution in [2.75, 3.05) is 20.6 Å². The van der Waals surface area contributed by atoms with Crippen molar-refractivity contribution in [1.82, 2.24) is 14.8 Å². The highest BCUT2D eigenvalue weighted by molar-refractivity contribution is 5.75. The van der Waals surface area contributed by atoms with Gasteiger partial charge in [-0.2, -0.15) is 0 Å². The van der Waals surface area contributed by atoms with Crippen molar-refractivity contribution in [3.63, 3.8) is 0 Å². The number of rotatable bonds is 6. The van der Waals surface area contributed by atoms with Crippen molar-refractivity contribution >= 4 is 5.91 Å². The lowest BCUT2D eigenvalue weighted by atomic mass is 10.2. The minimum Gasteiger partial charge on any atom is -0.347 e. The average Bonchev–Trinajstić information content (AvgIpc) is 2.65. The average molecular weight is 237 g/mol. The van der Waals surface area contributed by atoms with Crippen LogP contribution >= 0.6 is 0 Å². The number of carbonyl (C=O) groups excluding carboxylic acids is 1. The van der Waals surface area contributed by atoms with Crippen molar-refractivity contribution in [3.05, 3.63) is 24.0 Å². The van der Waals surface area contributed by atoms with Gasteiger partial charge in [0.2, 0.25) is 5.91 Å². The molecule has 0 bridgehead atoms. The van der Waals surface area contributed by atoms with Crippen molar-refractivity contribution in [1.29, 1.82) is 0 Å². The summed E-state index contributed by atoms with van der Waals surface area (Å²) in [4.78, 5) is 13.2. The minimum absolute atomic E-state index is 0.117. The maximum atomic E-state index is 11.6. The van der Waals surface area contributed by atoms with Crippen LogP contribution in [0.3, 0.4) is 0 Å². The normalized spacial score (nSPS) is 10.9. The van der Waals surface area contributed by atoms with Gasteiger partial charge >= 0.3 is 0 Å². The highest BCUT2D eigenvalue weighted by Gasteiger charge is 2.07. The van der Waals surface area contributed by atoms with Gasteiger partial charge in [-0.1, -0.05) is 13.8 Å². The second-order valence-electron chi connectivity index (χ2n) is 4.94. The van der Waals surface area contributed by atoms with Crippen LogP contribution < -0.4 is 5.32 Å². The number of nitrogens with zero attached hydrogens (tertiary/aromatic N) is 2. The number of hydrogen-bond acceptors (Lipinski definition) is 2. The summed E-state index contributed by atoms with van der Waals surface area (Å²) in [5.41, 5.74) is 1.15. The zero-order valence-corrected chi connectivity index (χ0v) is 11.2. The van der Waals surface area contributed by atoms with Crippen LogP contribution in [-0.4, -0.2) is 36.0 Å². The van der Waals surface area contributed by atoms with E-state index in [4.69, 9.17) is 0 Å². The second-order valence-corrected chi connectivity index (χ2v) is 4.94. The second kappa shape index (κ2) is 6.45. The van der Waals surface area contributed by atoms with Gasteiger partial charge < -0.3 is 14.8 Å². The summed E-state index contributed by atoms with van der Waals surface area (Å²) in [6, 6.07) is 4.03. The Morgan fingerprint density at radius 3 is 2.76 bits per heavy atom. The molecule has 17 heavy (non-hydrogen) atoms. The molecule has 0 fully saturated rings. The largest absolute Gasteiger partial charge is 0.347 e. The molecule has 1 aromatic rings. The number of amides is 1. The van der Waals surface area contributed by atoms with Gasteiger partial charge in [-0.25, -0.2) is 0 Å². The Labute approximate surface area is 104 Å². The molecular formula is C13H23N3O. The Morgan fingerprint density at radius 1 is 1.47 bits per heavy atom. The van der Waals surface area contributed by atoms with Crippen LogP contribution in [0.15, 0.2) is 18.3 Å². The van der Waals surface area contributed by atoms with Crippen molar-refractivity contribution in [2.45, 2.75) is 26.9 Å². The van der Waals surface area contributed by atoms with Crippen molar-refractivity contribution < 1.29 is 4.79 Å². The van der Waals surface area contributed by atoms with Gasteiger partial charge in [0.1, 0.15) is 6.54 Å². The third kappa shape index (κ3) is 4.61. The maximum Gasteiger partial charge on any atom is 0.241 e. The number of aromatic nitrogens is 1. The summed E-state index contributed by atoms with van der Waals surface area (Å²) >= 11 is 0. The summed E-state index contributed by atoms with van der Waals surface area (Å²) in [6.07, 6.45) is 1.95. The van der Waals surface area contributed by atoms with Gasteiger partial charge in [-0.05, 0) is 24.6 Å². The monoisotopic (exact) mass is 237 g/mol. The summed E-state index contributed by atoms with van der Waals surface area (Å²) in [5.74, 6) is 0.758. The zero-order chi connectivity index (χ0) is 12.8. The third-order valence-corrected chi connectivity index (χ3v) is 2.59. The molecule has 0 saturated heterocycles. The lowest BCUT2D eigenvalue weighted by Gasteiger charge is -2.14. The number of carbonyl (C=O) groups is 1. The first-order chi connectivity index (χ1) is 8.00. The van der Waals surface area contributed by atoms with Crippen LogP contribution in [-0.2, 0) is 17.9 Å². The van der Waals surface area contributed by atoms with Crippen LogP contribution in [0.1, 0.15) is 19.5 Å². The molecule has 0 aliphatic heterocycles. The summed E-state index contributed by atoms with van der Waals surface area (Å²) in [7, 11) is 3.56. The molecule has 1 amide bonds. The van der Waals surface area contributed by atoms with E-state index in [-0.39, 0.29) is 5.91 Å². The third-order valence-electron chi connectivity index (χ3n) is 2.59. The van der Waals surface area contributed by atoms with E-state index < -0.39 is 0 Å². The quantitative estimate of drug-likeness (QED) is 0.810. The predicted molar refractivity (Wildman–Crippen MR) is 69.7 cm³/mol. The molecule has 1 aromatic heterocycles. The van der Waals surface area contributed by atoms with Crippen LogP contribution in [0.25, 0.3) is 0 Å². The molecule has 4 heteroatoms. The van der Waals surface area contributed by atoms with Crippen LogP contribution in [0.5, 0.6) is 0 Å². The summed E-state index contributed by atoms with van der Waals surface area (Å²) < 4.78 is 2.00. The van der Waals surface area contributed by atoms with E-state index in [9.17, 15) is 4.79 Å². The molecule has 4 nitrogen and oxygen atoms in total. The fourth-order valence-electron chi connectivity index (χ4n) is 1.54. The van der Waals surface area contributed by atoms with E-state index in [2.05, 4.69) is 25.2 Å². The van der Waals surface area contributed by atoms with Gasteiger partial charge in [0.05, 0.1) is 0 Å². The lowest BCUT2D eigenvalue weighted by molar-refractivity contribution is -0.129. The van der Waals surface area contributed by atoms with Gasteiger partial charge in [-0.15, -0.1) is 0 Å². The van der Waals surface area contributed by atoms with Crippen LogP contribution in [0.4, 0.5) is 0 Å². The Kier molecular flexibility index (Phi) is 5.22. The highest BCUT2D eigenvalue weighted by atomic mass is 16.2. The predicted octanol–water partition coefficient (Wildman–Crippen LogP) is 1.32. The summed E-state index contributed by atoms with van der Waals surface area (Å²) in [6.45, 7) is 6.58. The lowest BCUT2D eigenvalue weighted by Crippen LogP contribution is -2.28. The van der Waals surface area contributed by atoms with Crippen molar-refractivity contribution in [3.8, 4) is 0 Å². The molecule has 1 heterocycles. The SMILES string of the molecule is CC(C)CNCc1cccn1CC(=O)N(C)C. The molecule has 0 spiro atoms. The zero-order valence-electron chi connectivity index (χ0n) is 11.2. The molecule has 0 aromatic carbocycles. The number of hydrogen-bond donors (Lipinski definition) is 1. The van der Waals surface area contributed by atoms with Crippen molar-refractivity contribution in [2.24, 2.45) is 5.92 Å². The van der Waals surface area contributed by atoms with Gasteiger partial charge in [0, 0.05) is 32.5 Å². The standard InChI is InChI=1S/C13H23N3O/c1-11(2)8-14-9-12-6-5-7-16(12)10-13(17)15(3)4/h5-7,11,14H,8-10H2,1-4H3. The Hall–Kier alpha value is -1.29. The van der Waals surface area contributed by atoms with E-state index in [0.717, 1.165) is 18.8 Å². The molecule has 0 unspecified atom stereocenters. The van der Waals surface area contributed by atoms with E-state index in [0.29, 0.717) is 12.5 Å². The first-order valence-corrected chi connectivity index (χ1v) is 6.05. The minimum atomic E-state index is 0.117. The van der Waals surface area contributed by atoms with Crippen LogP contribution in [0, 0.1) is 5.92 Å². The Bertz CT molecular complexity index is 355.